The van der Waals surface area contributed by atoms with E-state index in [0.717, 1.165) is 36.3 Å². The van der Waals surface area contributed by atoms with Gasteiger partial charge in [0.15, 0.2) is 5.69 Å². The third-order valence-electron chi connectivity index (χ3n) is 6.45. The number of nitrogens with two attached hydrogens (primary N) is 1. The molecule has 0 fully saturated rings. The van der Waals surface area contributed by atoms with Gasteiger partial charge in [0.1, 0.15) is 6.33 Å². The molecule has 0 atom stereocenters. The quantitative estimate of drug-likeness (QED) is 0.231. The number of carbonyl (C=O) groups excluding carboxylic acids is 1. The Hall–Kier alpha value is -5.47. The van der Waals surface area contributed by atoms with Crippen molar-refractivity contribution >= 4 is 23.1 Å². The molecule has 196 valence electrons. The van der Waals surface area contributed by atoms with Crippen LogP contribution >= 0.6 is 0 Å². The normalized spacial score (nSPS) is 13.4. The first-order valence-electron chi connectivity index (χ1n) is 12.1. The molecule has 3 N–H and O–H groups in total. The predicted molar refractivity (Wildman–Crippen MR) is 138 cm³/mol. The summed E-state index contributed by atoms with van der Waals surface area (Å²) < 4.78 is 7.69. The summed E-state index contributed by atoms with van der Waals surface area (Å²) in [7, 11) is 0. The summed E-state index contributed by atoms with van der Waals surface area (Å²) in [6.07, 6.45) is 3.47. The molecular weight excluding hydrogens is 502 g/mol. The number of nitrogens with one attached hydrogen (secondary N) is 1. The fraction of sp³-hybridized carbons (Fsp3) is 0.208. The lowest BCUT2D eigenvalue weighted by Gasteiger charge is -2.31. The Morgan fingerprint density at radius 3 is 2.74 bits per heavy atom. The molecule has 4 heterocycles. The lowest BCUT2D eigenvalue weighted by molar-refractivity contribution is 0.0948. The molecule has 0 bridgehead atoms. The number of anilines is 2. The van der Waals surface area contributed by atoms with Gasteiger partial charge in [-0.2, -0.15) is 9.78 Å². The molecule has 2 aromatic carbocycles. The number of rotatable bonds is 7. The summed E-state index contributed by atoms with van der Waals surface area (Å²) in [5.74, 6) is -0.337. The van der Waals surface area contributed by atoms with Crippen LogP contribution in [0.15, 0.2) is 64.6 Å². The number of tetrazole rings is 1. The second kappa shape index (κ2) is 10.1. The number of hydrogen-bond donors (Lipinski definition) is 2. The predicted octanol–water partition coefficient (Wildman–Crippen LogP) is 1.31. The molecule has 39 heavy (non-hydrogen) atoms. The van der Waals surface area contributed by atoms with Crippen LogP contribution in [0.2, 0.25) is 0 Å². The first-order valence-corrected chi connectivity index (χ1v) is 12.1. The fourth-order valence-electron chi connectivity index (χ4n) is 4.47. The highest BCUT2D eigenvalue weighted by Crippen LogP contribution is 2.29. The van der Waals surface area contributed by atoms with Crippen LogP contribution in [0.25, 0.3) is 11.5 Å². The third-order valence-corrected chi connectivity index (χ3v) is 6.45. The highest BCUT2D eigenvalue weighted by molar-refractivity contribution is 6.00. The monoisotopic (exact) mass is 525 g/mol. The van der Waals surface area contributed by atoms with Gasteiger partial charge in [-0.15, -0.1) is 10.2 Å². The van der Waals surface area contributed by atoms with Crippen LogP contribution in [-0.4, -0.2) is 63.7 Å². The number of para-hydroxylation sites is 1. The number of amides is 1. The Balaban J connectivity index is 1.27. The van der Waals surface area contributed by atoms with Crippen LogP contribution in [0.4, 0.5) is 11.5 Å². The van der Waals surface area contributed by atoms with Crippen LogP contribution in [0.3, 0.4) is 0 Å². The average Bonchev–Trinajstić information content (AvgIpc) is 3.74. The van der Waals surface area contributed by atoms with E-state index in [0.29, 0.717) is 18.0 Å². The maximum absolute atomic E-state index is 13.3. The highest BCUT2D eigenvalue weighted by Gasteiger charge is 2.27. The van der Waals surface area contributed by atoms with E-state index in [1.807, 2.05) is 36.4 Å². The van der Waals surface area contributed by atoms with Crippen molar-refractivity contribution in [1.82, 2.24) is 50.9 Å². The zero-order valence-electron chi connectivity index (χ0n) is 20.8. The largest absolute Gasteiger partial charge is 0.378 e. The second-order valence-electron chi connectivity index (χ2n) is 8.86. The summed E-state index contributed by atoms with van der Waals surface area (Å²) >= 11 is 0. The molecule has 1 aliphatic rings. The first kappa shape index (κ1) is 23.9. The molecular formula is C24H23N13O2. The molecule has 0 spiro atoms. The molecule has 0 aliphatic carbocycles. The van der Waals surface area contributed by atoms with E-state index in [1.165, 1.54) is 16.6 Å². The van der Waals surface area contributed by atoms with Crippen LogP contribution in [-0.2, 0) is 13.0 Å². The number of hydrazone groups is 1. The summed E-state index contributed by atoms with van der Waals surface area (Å²) in [5, 5.41) is 31.2. The van der Waals surface area contributed by atoms with Crippen LogP contribution in [0.1, 0.15) is 40.7 Å². The van der Waals surface area contributed by atoms with Gasteiger partial charge >= 0.3 is 0 Å². The number of aryl methyl sites for hydroxylation is 1. The minimum absolute atomic E-state index is 0.0335. The van der Waals surface area contributed by atoms with Gasteiger partial charge in [0.05, 0.1) is 23.6 Å². The Labute approximate surface area is 221 Å². The molecule has 15 nitrogen and oxygen atoms in total. The molecule has 0 saturated carbocycles. The number of nitrogens with zero attached hydrogens (tertiary/aromatic N) is 11. The van der Waals surface area contributed by atoms with Gasteiger partial charge in [-0.05, 0) is 69.8 Å². The van der Waals surface area contributed by atoms with E-state index < -0.39 is 5.91 Å². The van der Waals surface area contributed by atoms with E-state index in [1.54, 1.807) is 11.6 Å². The third kappa shape index (κ3) is 4.68. The summed E-state index contributed by atoms with van der Waals surface area (Å²) in [6.45, 7) is 2.92. The molecule has 0 radical (unpaired) electrons. The van der Waals surface area contributed by atoms with E-state index in [4.69, 9.17) is 10.4 Å². The second-order valence-corrected chi connectivity index (χ2v) is 8.86. The smallest absolute Gasteiger partial charge is 0.293 e. The van der Waals surface area contributed by atoms with Crippen molar-refractivity contribution < 1.29 is 9.42 Å². The van der Waals surface area contributed by atoms with Gasteiger partial charge in [0.2, 0.25) is 11.6 Å². The summed E-state index contributed by atoms with van der Waals surface area (Å²) in [6, 6.07) is 15.6. The number of nitrogen functional groups attached to an aromatic ring is 1. The molecule has 5 aromatic rings. The zero-order valence-corrected chi connectivity index (χ0v) is 20.8. The molecule has 0 saturated heterocycles. The van der Waals surface area contributed by atoms with Crippen molar-refractivity contribution in [3.8, 4) is 11.5 Å². The SMILES string of the molecule is C/C(=N\NC(=O)c1nnn(-c2nonc2N)c1CN1CCCc2ccccc21)c1ccc(-n2cnnn2)cc1. The highest BCUT2D eigenvalue weighted by atomic mass is 16.6. The lowest BCUT2D eigenvalue weighted by Crippen LogP contribution is -2.31. The zero-order chi connectivity index (χ0) is 26.8. The molecule has 6 rings (SSSR count). The van der Waals surface area contributed by atoms with Gasteiger partial charge in [-0.1, -0.05) is 35.5 Å². The fourth-order valence-corrected chi connectivity index (χ4v) is 4.47. The van der Waals surface area contributed by atoms with Crippen molar-refractivity contribution in [3.05, 3.63) is 77.4 Å². The molecule has 1 aliphatic heterocycles. The number of hydrogen-bond acceptors (Lipinski definition) is 12. The standard InChI is InChI=1S/C24H23N13O2/c1-15(16-8-10-18(11-9-16)36-14-26-32-34-36)27-29-24(38)21-20(37(33-28-21)23-22(25)30-39-31-23)13-35-12-4-6-17-5-2-3-7-19(17)35/h2-3,5,7-11,14H,4,6,12-13H2,1H3,(H2,25,30)(H,29,38)/b27-15+. The van der Waals surface area contributed by atoms with Crippen molar-refractivity contribution in [1.29, 1.82) is 0 Å². The Kier molecular flexibility index (Phi) is 6.20. The number of carbonyl (C=O) groups is 1. The van der Waals surface area contributed by atoms with Gasteiger partial charge in [0.25, 0.3) is 5.91 Å². The van der Waals surface area contributed by atoms with E-state index in [-0.39, 0.29) is 17.3 Å². The maximum atomic E-state index is 13.3. The number of aromatic nitrogens is 9. The van der Waals surface area contributed by atoms with Gasteiger partial charge in [-0.3, -0.25) is 4.79 Å². The lowest BCUT2D eigenvalue weighted by atomic mass is 10.0. The molecule has 15 heteroatoms. The summed E-state index contributed by atoms with van der Waals surface area (Å²) in [4.78, 5) is 15.5. The molecule has 3 aromatic heterocycles. The minimum atomic E-state index is -0.527. The summed E-state index contributed by atoms with van der Waals surface area (Å²) in [5.41, 5.74) is 13.6. The van der Waals surface area contributed by atoms with Gasteiger partial charge in [-0.25, -0.2) is 14.7 Å². The van der Waals surface area contributed by atoms with Crippen LogP contribution in [0, 0.1) is 0 Å². The maximum Gasteiger partial charge on any atom is 0.293 e. The Morgan fingerprint density at radius 1 is 1.13 bits per heavy atom. The van der Waals surface area contributed by atoms with Crippen molar-refractivity contribution in [2.45, 2.75) is 26.3 Å². The number of fused-ring (bicyclic) bond motifs is 1. The average molecular weight is 526 g/mol. The molecule has 0 unspecified atom stereocenters. The first-order chi connectivity index (χ1) is 19.1. The van der Waals surface area contributed by atoms with E-state index >= 15 is 0 Å². The minimum Gasteiger partial charge on any atom is -0.378 e. The van der Waals surface area contributed by atoms with Crippen molar-refractivity contribution in [2.75, 3.05) is 17.2 Å². The van der Waals surface area contributed by atoms with Crippen molar-refractivity contribution in [3.63, 3.8) is 0 Å². The van der Waals surface area contributed by atoms with E-state index in [2.05, 4.69) is 63.7 Å². The number of benzene rings is 2. The van der Waals surface area contributed by atoms with Crippen LogP contribution in [0.5, 0.6) is 0 Å². The topological polar surface area (TPSA) is 184 Å². The van der Waals surface area contributed by atoms with E-state index in [9.17, 15) is 4.79 Å². The van der Waals surface area contributed by atoms with Gasteiger partial charge < -0.3 is 10.6 Å². The van der Waals surface area contributed by atoms with Crippen LogP contribution < -0.4 is 16.1 Å². The Bertz CT molecular complexity index is 1640. The van der Waals surface area contributed by atoms with Gasteiger partial charge in [0, 0.05) is 12.2 Å². The van der Waals surface area contributed by atoms with Crippen molar-refractivity contribution in [2.24, 2.45) is 5.10 Å². The molecule has 1 amide bonds. The Morgan fingerprint density at radius 2 is 1.97 bits per heavy atom.